The van der Waals surface area contributed by atoms with E-state index < -0.39 is 14.0 Å². The van der Waals surface area contributed by atoms with E-state index in [1.54, 1.807) is 0 Å². The predicted molar refractivity (Wildman–Crippen MR) is 90.8 cm³/mol. The molecule has 0 atom stereocenters. The second kappa shape index (κ2) is 8.27. The lowest BCUT2D eigenvalue weighted by Gasteiger charge is -2.29. The molecule has 0 fully saturated rings. The number of allylic oxidation sites excluding steroid dienone is 4. The van der Waals surface area contributed by atoms with Gasteiger partial charge in [-0.05, 0) is 25.7 Å². The van der Waals surface area contributed by atoms with Gasteiger partial charge >= 0.3 is 0 Å². The maximum atomic E-state index is 10.5. The molecule has 0 radical (unpaired) electrons. The van der Waals surface area contributed by atoms with E-state index in [-0.39, 0.29) is 0 Å². The molecule has 1 aliphatic carbocycles. The Balaban J connectivity index is 2.68. The van der Waals surface area contributed by atoms with E-state index in [1.165, 1.54) is 10.8 Å². The van der Waals surface area contributed by atoms with E-state index in [0.29, 0.717) is 19.6 Å². The van der Waals surface area contributed by atoms with Crippen molar-refractivity contribution in [3.8, 4) is 0 Å². The summed E-state index contributed by atoms with van der Waals surface area (Å²) in [5, 5.41) is 12.1. The van der Waals surface area contributed by atoms with Gasteiger partial charge in [0.1, 0.15) is 0 Å². The molecule has 0 aliphatic heterocycles. The molecule has 1 aliphatic rings. The third-order valence-corrected chi connectivity index (χ3v) is 5.78. The molecule has 0 saturated heterocycles. The van der Waals surface area contributed by atoms with Crippen molar-refractivity contribution in [3.05, 3.63) is 22.9 Å². The Morgan fingerprint density at radius 1 is 1.14 bits per heavy atom. The van der Waals surface area contributed by atoms with Crippen LogP contribution in [-0.4, -0.2) is 32.4 Å². The van der Waals surface area contributed by atoms with Crippen molar-refractivity contribution >= 4 is 8.07 Å². The van der Waals surface area contributed by atoms with Crippen LogP contribution in [0, 0.1) is 0 Å². The van der Waals surface area contributed by atoms with Gasteiger partial charge < -0.3 is 14.6 Å². The van der Waals surface area contributed by atoms with E-state index in [4.69, 9.17) is 9.47 Å². The number of ether oxygens (including phenoxy) is 2. The molecule has 0 spiro atoms. The van der Waals surface area contributed by atoms with Gasteiger partial charge in [-0.15, -0.1) is 0 Å². The van der Waals surface area contributed by atoms with Crippen molar-refractivity contribution in [2.75, 3.05) is 13.2 Å². The fraction of sp³-hybridized carbons (Fsp3) is 0.765. The van der Waals surface area contributed by atoms with Crippen LogP contribution in [0.25, 0.3) is 0 Å². The quantitative estimate of drug-likeness (QED) is 0.480. The fourth-order valence-electron chi connectivity index (χ4n) is 2.58. The molecule has 3 nitrogen and oxygen atoms in total. The summed E-state index contributed by atoms with van der Waals surface area (Å²) in [6.07, 6.45) is 8.64. The molecular formula is C17H32O3Si. The molecule has 0 saturated carbocycles. The highest BCUT2D eigenvalue weighted by molar-refractivity contribution is 6.83. The standard InChI is InChI=1S/C17H32O3Si/c1-6-13-19-17(18,20-14-7-2)12-11-15-9-8-10-16(15)21(3,4)5/h8,10,18H,6-7,9,11-14H2,1-5H3. The van der Waals surface area contributed by atoms with Crippen LogP contribution in [-0.2, 0) is 9.47 Å². The first kappa shape index (κ1) is 18.6. The molecule has 122 valence electrons. The van der Waals surface area contributed by atoms with Gasteiger partial charge in [0, 0.05) is 6.42 Å². The molecular weight excluding hydrogens is 280 g/mol. The molecule has 0 heterocycles. The van der Waals surface area contributed by atoms with Gasteiger partial charge in [-0.1, -0.05) is 56.4 Å². The van der Waals surface area contributed by atoms with Crippen LogP contribution in [0.5, 0.6) is 0 Å². The first-order valence-corrected chi connectivity index (χ1v) is 11.7. The Bertz CT molecular complexity index is 372. The third kappa shape index (κ3) is 6.07. The molecule has 21 heavy (non-hydrogen) atoms. The van der Waals surface area contributed by atoms with Gasteiger partial charge in [0.15, 0.2) is 0 Å². The van der Waals surface area contributed by atoms with Crippen molar-refractivity contribution in [1.82, 2.24) is 0 Å². The minimum absolute atomic E-state index is 0.512. The van der Waals surface area contributed by atoms with E-state index in [0.717, 1.165) is 25.7 Å². The van der Waals surface area contributed by atoms with Gasteiger partial charge in [-0.3, -0.25) is 0 Å². The van der Waals surface area contributed by atoms with Crippen LogP contribution in [0.3, 0.4) is 0 Å². The molecule has 0 bridgehead atoms. The van der Waals surface area contributed by atoms with Crippen molar-refractivity contribution in [1.29, 1.82) is 0 Å². The lowest BCUT2D eigenvalue weighted by atomic mass is 10.1. The maximum absolute atomic E-state index is 10.5. The Morgan fingerprint density at radius 3 is 2.19 bits per heavy atom. The Labute approximate surface area is 131 Å². The zero-order valence-electron chi connectivity index (χ0n) is 14.4. The lowest BCUT2D eigenvalue weighted by Crippen LogP contribution is -2.36. The highest BCUT2D eigenvalue weighted by atomic mass is 28.3. The summed E-state index contributed by atoms with van der Waals surface area (Å²) in [5.41, 5.74) is 1.45. The molecule has 1 N–H and O–H groups in total. The summed E-state index contributed by atoms with van der Waals surface area (Å²) >= 11 is 0. The minimum atomic E-state index is -1.42. The van der Waals surface area contributed by atoms with Gasteiger partial charge in [0.25, 0.3) is 5.97 Å². The average molecular weight is 313 g/mol. The molecule has 0 aromatic heterocycles. The summed E-state index contributed by atoms with van der Waals surface area (Å²) in [7, 11) is -1.30. The molecule has 0 aromatic carbocycles. The predicted octanol–water partition coefficient (Wildman–Crippen LogP) is 4.40. The fourth-order valence-corrected chi connectivity index (χ4v) is 4.49. The molecule has 0 unspecified atom stereocenters. The number of aliphatic hydroxyl groups is 1. The SMILES string of the molecule is CCCOC(O)(CCC1=C([Si](C)(C)C)C=CC1)OCCC. The van der Waals surface area contributed by atoms with Gasteiger partial charge in [-0.2, -0.15) is 0 Å². The number of rotatable bonds is 10. The second-order valence-corrected chi connectivity index (χ2v) is 11.8. The van der Waals surface area contributed by atoms with Crippen LogP contribution in [0.2, 0.25) is 19.6 Å². The summed E-state index contributed by atoms with van der Waals surface area (Å²) in [6, 6.07) is 0. The number of hydrogen-bond acceptors (Lipinski definition) is 3. The van der Waals surface area contributed by atoms with Crippen LogP contribution in [0.4, 0.5) is 0 Å². The third-order valence-electron chi connectivity index (χ3n) is 3.64. The summed E-state index contributed by atoms with van der Waals surface area (Å²) in [6.45, 7) is 12.2. The number of hydrogen-bond donors (Lipinski definition) is 1. The first-order valence-electron chi connectivity index (χ1n) is 8.21. The molecule has 0 amide bonds. The molecule has 0 aromatic rings. The largest absolute Gasteiger partial charge is 0.343 e. The molecule has 1 rings (SSSR count). The van der Waals surface area contributed by atoms with Gasteiger partial charge in [-0.25, -0.2) is 0 Å². The average Bonchev–Trinajstić information content (AvgIpc) is 2.89. The van der Waals surface area contributed by atoms with Crippen molar-refractivity contribution in [2.24, 2.45) is 0 Å². The molecule has 4 heteroatoms. The Kier molecular flexibility index (Phi) is 7.34. The smallest absolute Gasteiger partial charge is 0.280 e. The van der Waals surface area contributed by atoms with Crippen molar-refractivity contribution in [2.45, 2.75) is 71.6 Å². The van der Waals surface area contributed by atoms with Crippen molar-refractivity contribution in [3.63, 3.8) is 0 Å². The monoisotopic (exact) mass is 312 g/mol. The van der Waals surface area contributed by atoms with E-state index >= 15 is 0 Å². The normalized spacial score (nSPS) is 16.1. The highest BCUT2D eigenvalue weighted by Crippen LogP contribution is 2.32. The summed E-state index contributed by atoms with van der Waals surface area (Å²) < 4.78 is 11.1. The minimum Gasteiger partial charge on any atom is -0.343 e. The topological polar surface area (TPSA) is 38.7 Å². The zero-order chi connectivity index (χ0) is 15.9. The second-order valence-electron chi connectivity index (χ2n) is 6.78. The van der Waals surface area contributed by atoms with Crippen LogP contribution >= 0.6 is 0 Å². The van der Waals surface area contributed by atoms with Gasteiger partial charge in [0.2, 0.25) is 0 Å². The van der Waals surface area contributed by atoms with Crippen LogP contribution in [0.15, 0.2) is 22.9 Å². The summed E-state index contributed by atoms with van der Waals surface area (Å²) in [5.74, 6) is -1.42. The van der Waals surface area contributed by atoms with E-state index in [2.05, 4.69) is 31.8 Å². The Hall–Kier alpha value is -0.423. The highest BCUT2D eigenvalue weighted by Gasteiger charge is 2.30. The first-order chi connectivity index (χ1) is 9.82. The maximum Gasteiger partial charge on any atom is 0.280 e. The van der Waals surface area contributed by atoms with E-state index in [1.807, 2.05) is 13.8 Å². The van der Waals surface area contributed by atoms with Gasteiger partial charge in [0.05, 0.1) is 21.3 Å². The lowest BCUT2D eigenvalue weighted by molar-refractivity contribution is -0.362. The van der Waals surface area contributed by atoms with Crippen LogP contribution < -0.4 is 0 Å². The zero-order valence-corrected chi connectivity index (χ0v) is 15.4. The van der Waals surface area contributed by atoms with Crippen LogP contribution in [0.1, 0.15) is 46.0 Å². The van der Waals surface area contributed by atoms with Crippen molar-refractivity contribution < 1.29 is 14.6 Å². The van der Waals surface area contributed by atoms with E-state index in [9.17, 15) is 5.11 Å². The summed E-state index contributed by atoms with van der Waals surface area (Å²) in [4.78, 5) is 0. The Morgan fingerprint density at radius 2 is 1.71 bits per heavy atom.